The average molecular weight is 365 g/mol. The van der Waals surface area contributed by atoms with Gasteiger partial charge in [0.15, 0.2) is 0 Å². The number of hydrogen-bond donors (Lipinski definition) is 1. The van der Waals surface area contributed by atoms with Gasteiger partial charge >= 0.3 is 0 Å². The molecule has 2 aromatic rings. The van der Waals surface area contributed by atoms with Gasteiger partial charge in [0.2, 0.25) is 0 Å². The standard InChI is InChI=1S/C22H27N3O2/c26-22(24-20-14-25-10-7-15(20)8-11-25)16-4-5-17-18(6-9-23-19(17)13-16)21-3-1-2-12-27-21/h4-6,9,13,15,20-21H,1-3,7-8,10-12,14H2,(H,24,26). The van der Waals surface area contributed by atoms with E-state index in [1.807, 2.05) is 24.4 Å². The van der Waals surface area contributed by atoms with Gasteiger partial charge in [0.05, 0.1) is 11.6 Å². The maximum Gasteiger partial charge on any atom is 0.251 e. The van der Waals surface area contributed by atoms with Crippen LogP contribution in [0.2, 0.25) is 0 Å². The van der Waals surface area contributed by atoms with E-state index in [0.717, 1.165) is 36.9 Å². The number of pyridine rings is 1. The van der Waals surface area contributed by atoms with Crippen LogP contribution in [0.3, 0.4) is 0 Å². The van der Waals surface area contributed by atoms with E-state index in [4.69, 9.17) is 4.74 Å². The molecule has 5 heterocycles. The van der Waals surface area contributed by atoms with Crippen molar-refractivity contribution in [2.75, 3.05) is 26.2 Å². The molecule has 4 fully saturated rings. The van der Waals surface area contributed by atoms with E-state index in [9.17, 15) is 4.79 Å². The van der Waals surface area contributed by atoms with Crippen molar-refractivity contribution in [3.63, 3.8) is 0 Å². The highest BCUT2D eigenvalue weighted by Gasteiger charge is 2.35. The van der Waals surface area contributed by atoms with Crippen LogP contribution in [0.4, 0.5) is 0 Å². The second kappa shape index (κ2) is 7.21. The molecule has 2 bridgehead atoms. The number of carbonyl (C=O) groups is 1. The van der Waals surface area contributed by atoms with Crippen LogP contribution < -0.4 is 5.32 Å². The summed E-state index contributed by atoms with van der Waals surface area (Å²) in [6, 6.07) is 8.25. The predicted octanol–water partition coefficient (Wildman–Crippen LogP) is 3.30. The summed E-state index contributed by atoms with van der Waals surface area (Å²) < 4.78 is 5.97. The first kappa shape index (κ1) is 17.1. The number of rotatable bonds is 3. The second-order valence-electron chi connectivity index (χ2n) is 8.21. The number of hydrogen-bond acceptors (Lipinski definition) is 4. The summed E-state index contributed by atoms with van der Waals surface area (Å²) in [5.41, 5.74) is 2.78. The second-order valence-corrected chi connectivity index (χ2v) is 8.21. The van der Waals surface area contributed by atoms with Gasteiger partial charge in [-0.1, -0.05) is 6.07 Å². The van der Waals surface area contributed by atoms with E-state index in [1.165, 1.54) is 37.9 Å². The Labute approximate surface area is 160 Å². The van der Waals surface area contributed by atoms with Crippen LogP contribution >= 0.6 is 0 Å². The number of benzene rings is 1. The Kier molecular flexibility index (Phi) is 4.58. The smallest absolute Gasteiger partial charge is 0.251 e. The first-order valence-electron chi connectivity index (χ1n) is 10.3. The summed E-state index contributed by atoms with van der Waals surface area (Å²) in [5.74, 6) is 0.657. The first-order valence-corrected chi connectivity index (χ1v) is 10.3. The molecule has 2 atom stereocenters. The minimum Gasteiger partial charge on any atom is -0.374 e. The van der Waals surface area contributed by atoms with Crippen LogP contribution in [0.5, 0.6) is 0 Å². The molecule has 1 aromatic heterocycles. The lowest BCUT2D eigenvalue weighted by Crippen LogP contribution is -2.57. The van der Waals surface area contributed by atoms with Gasteiger partial charge in [-0.15, -0.1) is 0 Å². The Morgan fingerprint density at radius 3 is 2.78 bits per heavy atom. The molecule has 0 radical (unpaired) electrons. The van der Waals surface area contributed by atoms with Gasteiger partial charge in [0.25, 0.3) is 5.91 Å². The first-order chi connectivity index (χ1) is 13.3. The largest absolute Gasteiger partial charge is 0.374 e. The molecule has 1 amide bonds. The molecule has 2 unspecified atom stereocenters. The fourth-order valence-corrected chi connectivity index (χ4v) is 4.96. The lowest BCUT2D eigenvalue weighted by molar-refractivity contribution is 0.0158. The number of amides is 1. The summed E-state index contributed by atoms with van der Waals surface area (Å²) in [5, 5.41) is 4.38. The Morgan fingerprint density at radius 1 is 1.15 bits per heavy atom. The van der Waals surface area contributed by atoms with Crippen molar-refractivity contribution in [1.82, 2.24) is 15.2 Å². The molecule has 4 aliphatic heterocycles. The molecule has 1 N–H and O–H groups in total. The van der Waals surface area contributed by atoms with Crippen LogP contribution in [-0.4, -0.2) is 48.1 Å². The topological polar surface area (TPSA) is 54.5 Å². The summed E-state index contributed by atoms with van der Waals surface area (Å²) in [4.78, 5) is 19.8. The van der Waals surface area contributed by atoms with Crippen LogP contribution in [0, 0.1) is 5.92 Å². The highest BCUT2D eigenvalue weighted by Crippen LogP contribution is 2.32. The van der Waals surface area contributed by atoms with E-state index in [2.05, 4.69) is 21.3 Å². The van der Waals surface area contributed by atoms with Gasteiger partial charge < -0.3 is 15.0 Å². The quantitative estimate of drug-likeness (QED) is 0.907. The number of ether oxygens (including phenoxy) is 1. The van der Waals surface area contributed by atoms with Gasteiger partial charge in [0.1, 0.15) is 0 Å². The van der Waals surface area contributed by atoms with Crippen LogP contribution in [-0.2, 0) is 4.74 Å². The van der Waals surface area contributed by atoms with E-state index in [1.54, 1.807) is 0 Å². The van der Waals surface area contributed by atoms with E-state index in [0.29, 0.717) is 11.5 Å². The minimum absolute atomic E-state index is 0.0248. The zero-order chi connectivity index (χ0) is 18.2. The molecule has 1 aromatic carbocycles. The number of nitrogens with zero attached hydrogens (tertiary/aromatic N) is 2. The number of fused-ring (bicyclic) bond motifs is 4. The zero-order valence-electron chi connectivity index (χ0n) is 15.7. The Hall–Kier alpha value is -1.98. The fourth-order valence-electron chi connectivity index (χ4n) is 4.96. The molecule has 4 aliphatic rings. The normalized spacial score (nSPS) is 30.4. The summed E-state index contributed by atoms with van der Waals surface area (Å²) in [6.45, 7) is 4.19. The van der Waals surface area contributed by atoms with Crippen LogP contribution in [0.25, 0.3) is 10.9 Å². The lowest BCUT2D eigenvalue weighted by Gasteiger charge is -2.44. The van der Waals surface area contributed by atoms with Gasteiger partial charge in [-0.05, 0) is 74.9 Å². The van der Waals surface area contributed by atoms with Gasteiger partial charge in [-0.2, -0.15) is 0 Å². The predicted molar refractivity (Wildman–Crippen MR) is 105 cm³/mol. The van der Waals surface area contributed by atoms with Crippen molar-refractivity contribution in [2.45, 2.75) is 44.2 Å². The maximum atomic E-state index is 12.8. The third-order valence-electron chi connectivity index (χ3n) is 6.54. The van der Waals surface area contributed by atoms with E-state index < -0.39 is 0 Å². The van der Waals surface area contributed by atoms with E-state index >= 15 is 0 Å². The lowest BCUT2D eigenvalue weighted by atomic mass is 9.84. The number of nitrogens with one attached hydrogen (secondary N) is 1. The van der Waals surface area contributed by atoms with Crippen LogP contribution in [0.1, 0.15) is 54.1 Å². The number of aromatic nitrogens is 1. The van der Waals surface area contributed by atoms with Crippen LogP contribution in [0.15, 0.2) is 30.5 Å². The molecule has 5 heteroatoms. The van der Waals surface area contributed by atoms with Crippen molar-refractivity contribution < 1.29 is 9.53 Å². The highest BCUT2D eigenvalue weighted by atomic mass is 16.5. The summed E-state index contributed by atoms with van der Waals surface area (Å²) in [6.07, 6.45) is 7.80. The van der Waals surface area contributed by atoms with Crippen molar-refractivity contribution in [3.05, 3.63) is 41.6 Å². The molecule has 6 rings (SSSR count). The molecule has 5 nitrogen and oxygen atoms in total. The van der Waals surface area contributed by atoms with Crippen molar-refractivity contribution >= 4 is 16.8 Å². The summed E-state index contributed by atoms with van der Waals surface area (Å²) in [7, 11) is 0. The third kappa shape index (κ3) is 3.34. The molecule has 142 valence electrons. The molecular weight excluding hydrogens is 338 g/mol. The third-order valence-corrected chi connectivity index (χ3v) is 6.54. The molecule has 0 aliphatic carbocycles. The minimum atomic E-state index is 0.0248. The summed E-state index contributed by atoms with van der Waals surface area (Å²) >= 11 is 0. The van der Waals surface area contributed by atoms with Gasteiger partial charge in [0, 0.05) is 36.3 Å². The molecule has 27 heavy (non-hydrogen) atoms. The zero-order valence-corrected chi connectivity index (χ0v) is 15.7. The SMILES string of the molecule is O=C(NC1CN2CCC1CC2)c1ccc2c(C3CCCCO3)ccnc2c1. The monoisotopic (exact) mass is 365 g/mol. The number of carbonyl (C=O) groups excluding carboxylic acids is 1. The molecular formula is C22H27N3O2. The average Bonchev–Trinajstić information content (AvgIpc) is 2.74. The molecule has 0 saturated carbocycles. The van der Waals surface area contributed by atoms with Gasteiger partial charge in [-0.25, -0.2) is 0 Å². The Balaban J connectivity index is 1.37. The number of piperidine rings is 3. The molecule has 4 saturated heterocycles. The van der Waals surface area contributed by atoms with Crippen molar-refractivity contribution in [1.29, 1.82) is 0 Å². The molecule has 0 spiro atoms. The maximum absolute atomic E-state index is 12.8. The Bertz CT molecular complexity index is 839. The highest BCUT2D eigenvalue weighted by molar-refractivity contribution is 5.98. The van der Waals surface area contributed by atoms with Crippen molar-refractivity contribution in [3.8, 4) is 0 Å². The fraction of sp³-hybridized carbons (Fsp3) is 0.545. The Morgan fingerprint density at radius 2 is 2.04 bits per heavy atom. The van der Waals surface area contributed by atoms with Gasteiger partial charge in [-0.3, -0.25) is 9.78 Å². The van der Waals surface area contributed by atoms with Crippen molar-refractivity contribution in [2.24, 2.45) is 5.92 Å². The van der Waals surface area contributed by atoms with E-state index in [-0.39, 0.29) is 18.1 Å².